The Morgan fingerprint density at radius 3 is 1.62 bits per heavy atom. The van der Waals surface area contributed by atoms with Crippen LogP contribution in [0.1, 0.15) is 31.8 Å². The van der Waals surface area contributed by atoms with Crippen LogP contribution in [0, 0.1) is 13.8 Å². The van der Waals surface area contributed by atoms with Gasteiger partial charge in [0.05, 0.1) is 11.1 Å². The number of hydrogen-bond acceptors (Lipinski definition) is 4. The maximum atomic E-state index is 12.6. The van der Waals surface area contributed by atoms with E-state index in [0.29, 0.717) is 11.5 Å². The van der Waals surface area contributed by atoms with E-state index in [1.54, 1.807) is 60.7 Å². The molecule has 0 heterocycles. The van der Waals surface area contributed by atoms with Gasteiger partial charge in [0.1, 0.15) is 11.5 Å². The minimum absolute atomic E-state index is 0.158. The first kappa shape index (κ1) is 17.4. The zero-order chi connectivity index (χ0) is 18.5. The van der Waals surface area contributed by atoms with Gasteiger partial charge in [0.25, 0.3) is 0 Å². The number of hydrogen-bond donors (Lipinski definition) is 0. The van der Waals surface area contributed by atoms with Crippen molar-refractivity contribution < 1.29 is 19.1 Å². The van der Waals surface area contributed by atoms with Gasteiger partial charge in [0, 0.05) is 0 Å². The standard InChI is InChI=1S/C22H18O4/c1-15-12-16(2)14-18(13-15)26-22(24)20-11-7-6-10-19(20)21(23)25-17-8-4-3-5-9-17/h3-14H,1-2H3. The summed E-state index contributed by atoms with van der Waals surface area (Å²) in [6.45, 7) is 3.85. The van der Waals surface area contributed by atoms with Crippen molar-refractivity contribution in [3.05, 3.63) is 95.1 Å². The van der Waals surface area contributed by atoms with Crippen LogP contribution in [0.4, 0.5) is 0 Å². The van der Waals surface area contributed by atoms with Gasteiger partial charge in [-0.05, 0) is 61.4 Å². The molecule has 3 aromatic rings. The monoisotopic (exact) mass is 346 g/mol. The van der Waals surface area contributed by atoms with Gasteiger partial charge in [0.2, 0.25) is 0 Å². The Balaban J connectivity index is 1.84. The molecule has 0 saturated heterocycles. The Kier molecular flexibility index (Phi) is 5.13. The molecule has 0 saturated carbocycles. The third-order valence-electron chi connectivity index (χ3n) is 3.73. The molecule has 0 aliphatic rings. The molecule has 0 amide bonds. The molecule has 0 radical (unpaired) electrons. The molecule has 0 aliphatic heterocycles. The Bertz CT molecular complexity index is 925. The minimum Gasteiger partial charge on any atom is -0.423 e. The van der Waals surface area contributed by atoms with Crippen LogP contribution in [-0.4, -0.2) is 11.9 Å². The number of para-hydroxylation sites is 1. The maximum Gasteiger partial charge on any atom is 0.344 e. The highest BCUT2D eigenvalue weighted by atomic mass is 16.5. The molecule has 4 heteroatoms. The lowest BCUT2D eigenvalue weighted by molar-refractivity contribution is 0.0692. The summed E-state index contributed by atoms with van der Waals surface area (Å²) in [4.78, 5) is 25.1. The molecule has 3 aromatic carbocycles. The van der Waals surface area contributed by atoms with Gasteiger partial charge in [-0.1, -0.05) is 36.4 Å². The first-order valence-corrected chi connectivity index (χ1v) is 8.19. The molecular weight excluding hydrogens is 328 g/mol. The van der Waals surface area contributed by atoms with Crippen molar-refractivity contribution in [3.63, 3.8) is 0 Å². The van der Waals surface area contributed by atoms with Crippen molar-refractivity contribution in [2.45, 2.75) is 13.8 Å². The van der Waals surface area contributed by atoms with E-state index in [-0.39, 0.29) is 11.1 Å². The largest absolute Gasteiger partial charge is 0.423 e. The zero-order valence-electron chi connectivity index (χ0n) is 14.6. The van der Waals surface area contributed by atoms with Crippen LogP contribution in [0.2, 0.25) is 0 Å². The molecule has 0 atom stereocenters. The average molecular weight is 346 g/mol. The van der Waals surface area contributed by atoms with Crippen LogP contribution in [0.15, 0.2) is 72.8 Å². The van der Waals surface area contributed by atoms with Crippen LogP contribution in [-0.2, 0) is 0 Å². The third kappa shape index (κ3) is 4.16. The molecule has 0 N–H and O–H groups in total. The summed E-state index contributed by atoms with van der Waals surface area (Å²) in [5.41, 5.74) is 2.30. The van der Waals surface area contributed by atoms with Crippen LogP contribution >= 0.6 is 0 Å². The topological polar surface area (TPSA) is 52.6 Å². The number of aryl methyl sites for hydroxylation is 2. The van der Waals surface area contributed by atoms with Crippen molar-refractivity contribution in [2.24, 2.45) is 0 Å². The van der Waals surface area contributed by atoms with Crippen LogP contribution in [0.25, 0.3) is 0 Å². The molecule has 0 fully saturated rings. The maximum absolute atomic E-state index is 12.6. The van der Waals surface area contributed by atoms with E-state index < -0.39 is 11.9 Å². The molecule has 0 spiro atoms. The van der Waals surface area contributed by atoms with E-state index in [1.807, 2.05) is 26.0 Å². The Morgan fingerprint density at radius 2 is 1.08 bits per heavy atom. The fourth-order valence-electron chi connectivity index (χ4n) is 2.64. The lowest BCUT2D eigenvalue weighted by Gasteiger charge is -2.10. The summed E-state index contributed by atoms with van der Waals surface area (Å²) in [6, 6.07) is 20.7. The van der Waals surface area contributed by atoms with Crippen LogP contribution in [0.3, 0.4) is 0 Å². The highest BCUT2D eigenvalue weighted by Gasteiger charge is 2.20. The van der Waals surface area contributed by atoms with Gasteiger partial charge in [-0.3, -0.25) is 0 Å². The Labute approximate surface area is 152 Å². The van der Waals surface area contributed by atoms with Gasteiger partial charge in [-0.25, -0.2) is 9.59 Å². The van der Waals surface area contributed by atoms with Crippen molar-refractivity contribution in [2.75, 3.05) is 0 Å². The van der Waals surface area contributed by atoms with E-state index in [1.165, 1.54) is 0 Å². The molecule has 4 nitrogen and oxygen atoms in total. The lowest BCUT2D eigenvalue weighted by atomic mass is 10.1. The van der Waals surface area contributed by atoms with Gasteiger partial charge in [0.15, 0.2) is 0 Å². The molecule has 3 rings (SSSR count). The molecule has 130 valence electrons. The average Bonchev–Trinajstić information content (AvgIpc) is 2.61. The number of carbonyl (C=O) groups is 2. The summed E-state index contributed by atoms with van der Waals surface area (Å²) >= 11 is 0. The minimum atomic E-state index is -0.607. The van der Waals surface area contributed by atoms with E-state index in [4.69, 9.17) is 9.47 Å². The SMILES string of the molecule is Cc1cc(C)cc(OC(=O)c2ccccc2C(=O)Oc2ccccc2)c1. The predicted molar refractivity (Wildman–Crippen MR) is 98.7 cm³/mol. The van der Waals surface area contributed by atoms with Gasteiger partial charge >= 0.3 is 11.9 Å². The summed E-state index contributed by atoms with van der Waals surface area (Å²) in [6.07, 6.45) is 0. The molecule has 0 aliphatic carbocycles. The van der Waals surface area contributed by atoms with E-state index in [2.05, 4.69) is 0 Å². The lowest BCUT2D eigenvalue weighted by Crippen LogP contribution is -2.17. The smallest absolute Gasteiger partial charge is 0.344 e. The second-order valence-corrected chi connectivity index (χ2v) is 5.96. The third-order valence-corrected chi connectivity index (χ3v) is 3.73. The normalized spacial score (nSPS) is 10.2. The van der Waals surface area contributed by atoms with Crippen LogP contribution in [0.5, 0.6) is 11.5 Å². The Hall–Kier alpha value is -3.40. The number of benzene rings is 3. The summed E-state index contributed by atoms with van der Waals surface area (Å²) < 4.78 is 10.8. The summed E-state index contributed by atoms with van der Waals surface area (Å²) in [5, 5.41) is 0. The molecular formula is C22H18O4. The first-order chi connectivity index (χ1) is 12.5. The number of carbonyl (C=O) groups excluding carboxylic acids is 2. The predicted octanol–water partition coefficient (Wildman–Crippen LogP) is 4.74. The molecule has 0 unspecified atom stereocenters. The van der Waals surface area contributed by atoms with Gasteiger partial charge in [-0.15, -0.1) is 0 Å². The highest BCUT2D eigenvalue weighted by molar-refractivity contribution is 6.04. The molecule has 0 bridgehead atoms. The van der Waals surface area contributed by atoms with E-state index >= 15 is 0 Å². The Morgan fingerprint density at radius 1 is 0.615 bits per heavy atom. The second-order valence-electron chi connectivity index (χ2n) is 5.96. The summed E-state index contributed by atoms with van der Waals surface area (Å²) in [5.74, 6) is -0.353. The van der Waals surface area contributed by atoms with Crippen molar-refractivity contribution in [1.82, 2.24) is 0 Å². The highest BCUT2D eigenvalue weighted by Crippen LogP contribution is 2.20. The van der Waals surface area contributed by atoms with Crippen molar-refractivity contribution in [1.29, 1.82) is 0 Å². The molecule has 26 heavy (non-hydrogen) atoms. The van der Waals surface area contributed by atoms with Gasteiger partial charge < -0.3 is 9.47 Å². The fourth-order valence-corrected chi connectivity index (χ4v) is 2.64. The van der Waals surface area contributed by atoms with E-state index in [9.17, 15) is 9.59 Å². The van der Waals surface area contributed by atoms with Gasteiger partial charge in [-0.2, -0.15) is 0 Å². The van der Waals surface area contributed by atoms with Crippen molar-refractivity contribution >= 4 is 11.9 Å². The second kappa shape index (κ2) is 7.66. The van der Waals surface area contributed by atoms with E-state index in [0.717, 1.165) is 11.1 Å². The number of ether oxygens (including phenoxy) is 2. The van der Waals surface area contributed by atoms with Crippen molar-refractivity contribution in [3.8, 4) is 11.5 Å². The number of esters is 2. The van der Waals surface area contributed by atoms with Crippen LogP contribution < -0.4 is 9.47 Å². The first-order valence-electron chi connectivity index (χ1n) is 8.19. The molecule has 0 aromatic heterocycles. The fraction of sp³-hybridized carbons (Fsp3) is 0.0909. The summed E-state index contributed by atoms with van der Waals surface area (Å²) in [7, 11) is 0. The quantitative estimate of drug-likeness (QED) is 0.506. The zero-order valence-corrected chi connectivity index (χ0v) is 14.6. The number of rotatable bonds is 4.